The number of ether oxygens (including phenoxy) is 1. The molecule has 1 heterocycles. The van der Waals surface area contributed by atoms with Gasteiger partial charge in [-0.3, -0.25) is 4.79 Å². The molecule has 0 aromatic heterocycles. The van der Waals surface area contributed by atoms with Crippen LogP contribution in [0.2, 0.25) is 0 Å². The van der Waals surface area contributed by atoms with Crippen molar-refractivity contribution in [2.24, 2.45) is 5.92 Å². The maximum atomic E-state index is 12.1. The summed E-state index contributed by atoms with van der Waals surface area (Å²) in [4.78, 5) is 12.1. The van der Waals surface area contributed by atoms with Crippen molar-refractivity contribution in [3.05, 3.63) is 29.8 Å². The fourth-order valence-corrected chi connectivity index (χ4v) is 2.22. The minimum Gasteiger partial charge on any atom is -0.396 e. The van der Waals surface area contributed by atoms with Crippen LogP contribution in [0, 0.1) is 5.92 Å². The number of nitrogens with one attached hydrogen (secondary N) is 2. The van der Waals surface area contributed by atoms with Crippen molar-refractivity contribution < 1.29 is 14.6 Å². The summed E-state index contributed by atoms with van der Waals surface area (Å²) >= 11 is 0. The summed E-state index contributed by atoms with van der Waals surface area (Å²) in [5.74, 6) is -0.172. The molecule has 3 N–H and O–H groups in total. The van der Waals surface area contributed by atoms with Gasteiger partial charge in [0.1, 0.15) is 0 Å². The Balaban J connectivity index is 1.94. The number of hydrogen-bond acceptors (Lipinski definition) is 4. The highest BCUT2D eigenvalue weighted by molar-refractivity contribution is 5.93. The molecule has 5 heteroatoms. The molecule has 19 heavy (non-hydrogen) atoms. The Labute approximate surface area is 113 Å². The summed E-state index contributed by atoms with van der Waals surface area (Å²) in [6, 6.07) is 7.60. The topological polar surface area (TPSA) is 70.6 Å². The van der Waals surface area contributed by atoms with Gasteiger partial charge < -0.3 is 20.5 Å². The molecule has 2 unspecified atom stereocenters. The van der Waals surface area contributed by atoms with E-state index in [0.29, 0.717) is 19.6 Å². The quantitative estimate of drug-likeness (QED) is 0.720. The van der Waals surface area contributed by atoms with Crippen LogP contribution in [-0.2, 0) is 16.0 Å². The first-order valence-electron chi connectivity index (χ1n) is 6.50. The zero-order chi connectivity index (χ0) is 13.7. The Morgan fingerprint density at radius 2 is 2.11 bits per heavy atom. The Kier molecular flexibility index (Phi) is 4.90. The molecule has 0 saturated carbocycles. The zero-order valence-electron chi connectivity index (χ0n) is 11.1. The fourth-order valence-electron chi connectivity index (χ4n) is 2.22. The first-order valence-corrected chi connectivity index (χ1v) is 6.50. The molecule has 1 fully saturated rings. The number of carbonyl (C=O) groups is 1. The monoisotopic (exact) mass is 264 g/mol. The number of aliphatic hydroxyl groups excluding tert-OH is 1. The number of aliphatic hydroxyl groups is 1. The first kappa shape index (κ1) is 14.0. The number of benzene rings is 1. The van der Waals surface area contributed by atoms with E-state index in [9.17, 15) is 4.79 Å². The van der Waals surface area contributed by atoms with Crippen LogP contribution < -0.4 is 10.6 Å². The summed E-state index contributed by atoms with van der Waals surface area (Å²) in [5, 5.41) is 14.8. The molecule has 2 atom stereocenters. The average molecular weight is 264 g/mol. The molecule has 0 bridgehead atoms. The van der Waals surface area contributed by atoms with Crippen LogP contribution >= 0.6 is 0 Å². The van der Waals surface area contributed by atoms with Gasteiger partial charge in [0, 0.05) is 18.3 Å². The first-order chi connectivity index (χ1) is 9.24. The highest BCUT2D eigenvalue weighted by Gasteiger charge is 2.32. The highest BCUT2D eigenvalue weighted by Crippen LogP contribution is 2.17. The van der Waals surface area contributed by atoms with E-state index in [-0.39, 0.29) is 24.5 Å². The predicted molar refractivity (Wildman–Crippen MR) is 73.0 cm³/mol. The molecule has 1 amide bonds. The zero-order valence-corrected chi connectivity index (χ0v) is 11.1. The van der Waals surface area contributed by atoms with Crippen molar-refractivity contribution in [2.75, 3.05) is 32.2 Å². The molecule has 0 radical (unpaired) electrons. The second-order valence-corrected chi connectivity index (χ2v) is 4.70. The lowest BCUT2D eigenvalue weighted by atomic mass is 10.0. The van der Waals surface area contributed by atoms with Crippen LogP contribution in [-0.4, -0.2) is 43.9 Å². The number of anilines is 1. The van der Waals surface area contributed by atoms with Crippen molar-refractivity contribution >= 4 is 11.6 Å². The lowest BCUT2D eigenvalue weighted by Gasteiger charge is -2.16. The molecule has 1 aliphatic rings. The summed E-state index contributed by atoms with van der Waals surface area (Å²) in [6.07, 6.45) is 0.631. The summed E-state index contributed by atoms with van der Waals surface area (Å²) in [5.41, 5.74) is 1.83. The largest absolute Gasteiger partial charge is 0.396 e. The predicted octanol–water partition coefficient (Wildman–Crippen LogP) is 0.394. The Hall–Kier alpha value is -1.43. The van der Waals surface area contributed by atoms with Crippen molar-refractivity contribution in [1.29, 1.82) is 0 Å². The fraction of sp³-hybridized carbons (Fsp3) is 0.500. The maximum Gasteiger partial charge on any atom is 0.231 e. The van der Waals surface area contributed by atoms with Crippen LogP contribution in [0.5, 0.6) is 0 Å². The van der Waals surface area contributed by atoms with Gasteiger partial charge in [-0.2, -0.15) is 0 Å². The molecule has 1 aromatic carbocycles. The normalized spacial score (nSPS) is 22.4. The molecule has 0 aliphatic carbocycles. The number of amides is 1. The van der Waals surface area contributed by atoms with E-state index in [1.165, 1.54) is 0 Å². The van der Waals surface area contributed by atoms with Gasteiger partial charge in [-0.15, -0.1) is 0 Å². The van der Waals surface area contributed by atoms with E-state index in [1.54, 1.807) is 0 Å². The Morgan fingerprint density at radius 1 is 1.37 bits per heavy atom. The number of likely N-dealkylation sites (N-methyl/N-ethyl adjacent to an activating group) is 1. The number of hydrogen-bond donors (Lipinski definition) is 3. The second kappa shape index (κ2) is 6.65. The van der Waals surface area contributed by atoms with Gasteiger partial charge >= 0.3 is 0 Å². The van der Waals surface area contributed by atoms with Gasteiger partial charge in [0.25, 0.3) is 0 Å². The molecule has 5 nitrogen and oxygen atoms in total. The summed E-state index contributed by atoms with van der Waals surface area (Å²) in [7, 11) is 1.84. The molecule has 1 aliphatic heterocycles. The Morgan fingerprint density at radius 3 is 2.74 bits per heavy atom. The van der Waals surface area contributed by atoms with Gasteiger partial charge in [-0.1, -0.05) is 12.1 Å². The van der Waals surface area contributed by atoms with Crippen molar-refractivity contribution in [2.45, 2.75) is 12.5 Å². The third kappa shape index (κ3) is 3.53. The Bertz CT molecular complexity index is 419. The molecule has 0 spiro atoms. The van der Waals surface area contributed by atoms with Crippen LogP contribution in [0.3, 0.4) is 0 Å². The lowest BCUT2D eigenvalue weighted by molar-refractivity contribution is -0.120. The molecular weight excluding hydrogens is 244 g/mol. The highest BCUT2D eigenvalue weighted by atomic mass is 16.5. The van der Waals surface area contributed by atoms with Crippen LogP contribution in [0.15, 0.2) is 24.3 Å². The van der Waals surface area contributed by atoms with E-state index in [2.05, 4.69) is 10.6 Å². The second-order valence-electron chi connectivity index (χ2n) is 4.70. The van der Waals surface area contributed by atoms with E-state index in [4.69, 9.17) is 9.84 Å². The molecule has 1 aromatic rings. The van der Waals surface area contributed by atoms with Gasteiger partial charge in [0.2, 0.25) is 5.91 Å². The molecule has 104 valence electrons. The SMILES string of the molecule is CNC1COCC1C(=O)Nc1ccc(CCO)cc1. The minimum atomic E-state index is -0.151. The van der Waals surface area contributed by atoms with E-state index in [0.717, 1.165) is 11.3 Å². The molecule has 2 rings (SSSR count). The molecule has 1 saturated heterocycles. The van der Waals surface area contributed by atoms with E-state index in [1.807, 2.05) is 31.3 Å². The third-order valence-electron chi connectivity index (χ3n) is 3.41. The van der Waals surface area contributed by atoms with Gasteiger partial charge in [-0.05, 0) is 31.2 Å². The number of carbonyl (C=O) groups excluding carboxylic acids is 1. The maximum absolute atomic E-state index is 12.1. The van der Waals surface area contributed by atoms with Crippen molar-refractivity contribution in [3.63, 3.8) is 0 Å². The van der Waals surface area contributed by atoms with Gasteiger partial charge in [0.15, 0.2) is 0 Å². The van der Waals surface area contributed by atoms with Crippen molar-refractivity contribution in [1.82, 2.24) is 5.32 Å². The smallest absolute Gasteiger partial charge is 0.231 e. The van der Waals surface area contributed by atoms with Gasteiger partial charge in [-0.25, -0.2) is 0 Å². The summed E-state index contributed by atoms with van der Waals surface area (Å²) < 4.78 is 5.32. The average Bonchev–Trinajstić information content (AvgIpc) is 2.90. The minimum absolute atomic E-state index is 0.0215. The van der Waals surface area contributed by atoms with Crippen molar-refractivity contribution in [3.8, 4) is 0 Å². The number of rotatable bonds is 5. The summed E-state index contributed by atoms with van der Waals surface area (Å²) in [6.45, 7) is 1.17. The molecular formula is C14H20N2O3. The van der Waals surface area contributed by atoms with Crippen LogP contribution in [0.25, 0.3) is 0 Å². The lowest BCUT2D eigenvalue weighted by Crippen LogP contribution is -2.39. The standard InChI is InChI=1S/C14H20N2O3/c1-15-13-9-19-8-12(13)14(18)16-11-4-2-10(3-5-11)6-7-17/h2-5,12-13,15,17H,6-9H2,1H3,(H,16,18). The van der Waals surface area contributed by atoms with Crippen LogP contribution in [0.1, 0.15) is 5.56 Å². The van der Waals surface area contributed by atoms with E-state index >= 15 is 0 Å². The third-order valence-corrected chi connectivity index (χ3v) is 3.41. The van der Waals surface area contributed by atoms with Crippen LogP contribution in [0.4, 0.5) is 5.69 Å². The van der Waals surface area contributed by atoms with E-state index < -0.39 is 0 Å². The van der Waals surface area contributed by atoms with Gasteiger partial charge in [0.05, 0.1) is 19.1 Å².